The van der Waals surface area contributed by atoms with E-state index in [9.17, 15) is 5.11 Å². The Morgan fingerprint density at radius 3 is 2.50 bits per heavy atom. The van der Waals surface area contributed by atoms with Crippen molar-refractivity contribution in [2.75, 3.05) is 33.8 Å². The quantitative estimate of drug-likeness (QED) is 0.692. The molecule has 0 spiro atoms. The molecule has 1 aliphatic carbocycles. The van der Waals surface area contributed by atoms with E-state index in [1.54, 1.807) is 0 Å². The van der Waals surface area contributed by atoms with Crippen LogP contribution in [0.2, 0.25) is 0 Å². The van der Waals surface area contributed by atoms with E-state index in [4.69, 9.17) is 0 Å². The molecule has 0 bridgehead atoms. The van der Waals surface area contributed by atoms with Crippen molar-refractivity contribution in [2.24, 2.45) is 5.92 Å². The summed E-state index contributed by atoms with van der Waals surface area (Å²) in [6.07, 6.45) is 8.08. The summed E-state index contributed by atoms with van der Waals surface area (Å²) in [6.45, 7) is 2.30. The van der Waals surface area contributed by atoms with Gasteiger partial charge < -0.3 is 15.3 Å². The van der Waals surface area contributed by atoms with Gasteiger partial charge in [-0.25, -0.2) is 0 Å². The first-order valence-corrected chi connectivity index (χ1v) is 6.71. The molecule has 0 aromatic carbocycles. The highest BCUT2D eigenvalue weighted by Crippen LogP contribution is 2.27. The van der Waals surface area contributed by atoms with Gasteiger partial charge in [0.05, 0.1) is 6.61 Å². The van der Waals surface area contributed by atoms with Crippen molar-refractivity contribution in [3.8, 4) is 0 Å². The zero-order valence-corrected chi connectivity index (χ0v) is 10.9. The number of rotatable bonds is 7. The fourth-order valence-corrected chi connectivity index (χ4v) is 2.54. The summed E-state index contributed by atoms with van der Waals surface area (Å²) in [5.74, 6) is 0.845. The molecule has 16 heavy (non-hydrogen) atoms. The highest BCUT2D eigenvalue weighted by Gasteiger charge is 2.17. The first-order chi connectivity index (χ1) is 7.72. The smallest absolute Gasteiger partial charge is 0.0584 e. The number of likely N-dealkylation sites (N-methyl/N-ethyl adjacent to an activating group) is 1. The Kier molecular flexibility index (Phi) is 7.01. The lowest BCUT2D eigenvalue weighted by atomic mass is 9.85. The lowest BCUT2D eigenvalue weighted by molar-refractivity contribution is 0.201. The summed E-state index contributed by atoms with van der Waals surface area (Å²) in [7, 11) is 4.16. The van der Waals surface area contributed by atoms with Crippen molar-refractivity contribution in [2.45, 2.75) is 44.6 Å². The van der Waals surface area contributed by atoms with Crippen LogP contribution in [0.15, 0.2) is 0 Å². The van der Waals surface area contributed by atoms with Gasteiger partial charge in [-0.05, 0) is 26.4 Å². The predicted molar refractivity (Wildman–Crippen MR) is 68.6 cm³/mol. The first-order valence-electron chi connectivity index (χ1n) is 6.71. The van der Waals surface area contributed by atoms with E-state index in [0.29, 0.717) is 6.04 Å². The van der Waals surface area contributed by atoms with Gasteiger partial charge in [0.2, 0.25) is 0 Å². The van der Waals surface area contributed by atoms with Gasteiger partial charge in [-0.15, -0.1) is 0 Å². The van der Waals surface area contributed by atoms with Crippen molar-refractivity contribution in [3.05, 3.63) is 0 Å². The molecular weight excluding hydrogens is 200 g/mol. The van der Waals surface area contributed by atoms with Crippen LogP contribution in [0.3, 0.4) is 0 Å². The number of nitrogens with zero attached hydrogens (tertiary/aromatic N) is 1. The summed E-state index contributed by atoms with van der Waals surface area (Å²) >= 11 is 0. The van der Waals surface area contributed by atoms with Crippen LogP contribution >= 0.6 is 0 Å². The largest absolute Gasteiger partial charge is 0.395 e. The fraction of sp³-hybridized carbons (Fsp3) is 1.00. The molecular formula is C13H28N2O. The van der Waals surface area contributed by atoms with Crippen molar-refractivity contribution >= 4 is 0 Å². The van der Waals surface area contributed by atoms with E-state index in [1.807, 2.05) is 0 Å². The molecule has 0 amide bonds. The van der Waals surface area contributed by atoms with Crippen molar-refractivity contribution in [3.63, 3.8) is 0 Å². The minimum absolute atomic E-state index is 0.282. The van der Waals surface area contributed by atoms with Gasteiger partial charge in [0.1, 0.15) is 0 Å². The molecule has 1 fully saturated rings. The van der Waals surface area contributed by atoms with E-state index in [-0.39, 0.29) is 6.61 Å². The monoisotopic (exact) mass is 228 g/mol. The second-order valence-corrected chi connectivity index (χ2v) is 5.38. The molecule has 96 valence electrons. The molecule has 1 rings (SSSR count). The molecule has 2 N–H and O–H groups in total. The zero-order chi connectivity index (χ0) is 11.8. The molecule has 0 aliphatic heterocycles. The molecule has 0 saturated heterocycles. The number of aliphatic hydroxyl groups is 1. The van der Waals surface area contributed by atoms with E-state index < -0.39 is 0 Å². The SMILES string of the molecule is CN(C)CCNC(CO)CC1CCCCC1. The summed E-state index contributed by atoms with van der Waals surface area (Å²) in [4.78, 5) is 2.17. The number of nitrogens with one attached hydrogen (secondary N) is 1. The van der Waals surface area contributed by atoms with E-state index >= 15 is 0 Å². The van der Waals surface area contributed by atoms with Crippen LogP contribution in [-0.4, -0.2) is 49.8 Å². The average Bonchev–Trinajstić information content (AvgIpc) is 2.28. The lowest BCUT2D eigenvalue weighted by Gasteiger charge is -2.26. The van der Waals surface area contributed by atoms with Crippen LogP contribution in [0.4, 0.5) is 0 Å². The zero-order valence-electron chi connectivity index (χ0n) is 10.9. The maximum atomic E-state index is 9.35. The predicted octanol–water partition coefficient (Wildman–Crippen LogP) is 1.47. The fourth-order valence-electron chi connectivity index (χ4n) is 2.54. The maximum absolute atomic E-state index is 9.35. The molecule has 1 unspecified atom stereocenters. The molecule has 3 heteroatoms. The Morgan fingerprint density at radius 1 is 1.25 bits per heavy atom. The summed E-state index contributed by atoms with van der Waals surface area (Å²) in [5.41, 5.74) is 0. The van der Waals surface area contributed by atoms with Gasteiger partial charge in [-0.3, -0.25) is 0 Å². The van der Waals surface area contributed by atoms with Gasteiger partial charge in [-0.1, -0.05) is 32.1 Å². The van der Waals surface area contributed by atoms with Gasteiger partial charge in [0, 0.05) is 19.1 Å². The van der Waals surface area contributed by atoms with Crippen molar-refractivity contribution < 1.29 is 5.11 Å². The maximum Gasteiger partial charge on any atom is 0.0584 e. The Balaban J connectivity index is 2.14. The second-order valence-electron chi connectivity index (χ2n) is 5.38. The highest BCUT2D eigenvalue weighted by atomic mass is 16.3. The molecule has 1 atom stereocenters. The number of aliphatic hydroxyl groups excluding tert-OH is 1. The van der Waals surface area contributed by atoms with Crippen LogP contribution in [0.1, 0.15) is 38.5 Å². The number of hydrogen-bond acceptors (Lipinski definition) is 3. The third-order valence-corrected chi connectivity index (χ3v) is 3.56. The summed E-state index contributed by atoms with van der Waals surface area (Å²) in [6, 6.07) is 0.308. The molecule has 1 saturated carbocycles. The normalized spacial score (nSPS) is 20.2. The topological polar surface area (TPSA) is 35.5 Å². The third kappa shape index (κ3) is 5.83. The molecule has 0 aromatic heterocycles. The Labute approximate surface area is 100 Å². The average molecular weight is 228 g/mol. The molecule has 1 aliphatic rings. The van der Waals surface area contributed by atoms with Gasteiger partial charge in [0.25, 0.3) is 0 Å². The Hall–Kier alpha value is -0.120. The van der Waals surface area contributed by atoms with E-state index in [2.05, 4.69) is 24.3 Å². The molecule has 0 radical (unpaired) electrons. The standard InChI is InChI=1S/C13H28N2O/c1-15(2)9-8-14-13(11-16)10-12-6-4-3-5-7-12/h12-14,16H,3-11H2,1-2H3. The molecule has 0 aromatic rings. The van der Waals surface area contributed by atoms with E-state index in [0.717, 1.165) is 25.4 Å². The summed E-state index contributed by atoms with van der Waals surface area (Å²) in [5, 5.41) is 12.8. The molecule has 0 heterocycles. The Bertz CT molecular complexity index is 167. The summed E-state index contributed by atoms with van der Waals surface area (Å²) < 4.78 is 0. The highest BCUT2D eigenvalue weighted by molar-refractivity contribution is 4.74. The van der Waals surface area contributed by atoms with Crippen LogP contribution in [0.25, 0.3) is 0 Å². The van der Waals surface area contributed by atoms with Crippen LogP contribution in [-0.2, 0) is 0 Å². The van der Waals surface area contributed by atoms with Gasteiger partial charge >= 0.3 is 0 Å². The molecule has 3 nitrogen and oxygen atoms in total. The minimum Gasteiger partial charge on any atom is -0.395 e. The first kappa shape index (κ1) is 13.9. The lowest BCUT2D eigenvalue weighted by Crippen LogP contribution is -2.38. The second kappa shape index (κ2) is 8.04. The van der Waals surface area contributed by atoms with Crippen LogP contribution in [0.5, 0.6) is 0 Å². The van der Waals surface area contributed by atoms with Crippen LogP contribution in [0, 0.1) is 5.92 Å². The van der Waals surface area contributed by atoms with Gasteiger partial charge in [-0.2, -0.15) is 0 Å². The van der Waals surface area contributed by atoms with Crippen molar-refractivity contribution in [1.29, 1.82) is 0 Å². The minimum atomic E-state index is 0.282. The van der Waals surface area contributed by atoms with Crippen LogP contribution < -0.4 is 5.32 Å². The van der Waals surface area contributed by atoms with E-state index in [1.165, 1.54) is 32.1 Å². The number of hydrogen-bond donors (Lipinski definition) is 2. The van der Waals surface area contributed by atoms with Crippen molar-refractivity contribution in [1.82, 2.24) is 10.2 Å². The van der Waals surface area contributed by atoms with Gasteiger partial charge in [0.15, 0.2) is 0 Å². The third-order valence-electron chi connectivity index (χ3n) is 3.56. The Morgan fingerprint density at radius 2 is 1.94 bits per heavy atom.